The van der Waals surface area contributed by atoms with Gasteiger partial charge in [-0.05, 0) is 12.1 Å². The molecule has 1 atom stereocenters. The summed E-state index contributed by atoms with van der Waals surface area (Å²) in [6.45, 7) is -0.308. The van der Waals surface area contributed by atoms with E-state index in [-0.39, 0.29) is 19.6 Å². The van der Waals surface area contributed by atoms with Crippen molar-refractivity contribution in [3.63, 3.8) is 0 Å². The normalized spacial score (nSPS) is 19.0. The minimum absolute atomic E-state index is 0.0223. The molecule has 0 aromatic heterocycles. The maximum Gasteiger partial charge on any atom is 0.337 e. The summed E-state index contributed by atoms with van der Waals surface area (Å²) < 4.78 is 27.0. The molecule has 0 radical (unpaired) electrons. The lowest BCUT2D eigenvalue weighted by Gasteiger charge is -2.19. The van der Waals surface area contributed by atoms with Crippen LogP contribution in [0.25, 0.3) is 0 Å². The third-order valence-electron chi connectivity index (χ3n) is 3.03. The van der Waals surface area contributed by atoms with Gasteiger partial charge < -0.3 is 15.1 Å². The monoisotopic (exact) mass is 271 g/mol. The highest BCUT2D eigenvalue weighted by atomic mass is 19.2. The Hall–Kier alpha value is -2.02. The number of carboxylic acids is 1. The molecule has 0 spiro atoms. The maximum absolute atomic E-state index is 13.8. The van der Waals surface area contributed by atoms with Gasteiger partial charge in [-0.25, -0.2) is 13.6 Å². The van der Waals surface area contributed by atoms with Crippen molar-refractivity contribution in [1.82, 2.24) is 0 Å². The summed E-state index contributed by atoms with van der Waals surface area (Å²) in [6.07, 6.45) is -0.0223. The summed E-state index contributed by atoms with van der Waals surface area (Å²) in [5, 5.41) is 18.0. The highest BCUT2D eigenvalue weighted by Crippen LogP contribution is 2.31. The third-order valence-corrected chi connectivity index (χ3v) is 3.03. The largest absolute Gasteiger partial charge is 0.478 e. The van der Waals surface area contributed by atoms with Crippen molar-refractivity contribution in [1.29, 1.82) is 0 Å². The fourth-order valence-corrected chi connectivity index (χ4v) is 2.10. The minimum Gasteiger partial charge on any atom is -0.478 e. The number of nitrogens with zero attached hydrogens (tertiary/aromatic N) is 1. The van der Waals surface area contributed by atoms with Crippen molar-refractivity contribution >= 4 is 17.6 Å². The zero-order chi connectivity index (χ0) is 14.2. The second-order valence-electron chi connectivity index (χ2n) is 4.32. The van der Waals surface area contributed by atoms with Gasteiger partial charge in [0.2, 0.25) is 5.91 Å². The second-order valence-corrected chi connectivity index (χ2v) is 4.32. The van der Waals surface area contributed by atoms with E-state index in [0.29, 0.717) is 6.07 Å². The number of rotatable bonds is 3. The van der Waals surface area contributed by atoms with Gasteiger partial charge in [-0.15, -0.1) is 0 Å². The Morgan fingerprint density at radius 1 is 1.42 bits per heavy atom. The average molecular weight is 271 g/mol. The first-order valence-corrected chi connectivity index (χ1v) is 5.58. The van der Waals surface area contributed by atoms with Gasteiger partial charge in [-0.1, -0.05) is 0 Å². The van der Waals surface area contributed by atoms with E-state index in [2.05, 4.69) is 0 Å². The van der Waals surface area contributed by atoms with Gasteiger partial charge in [-0.2, -0.15) is 0 Å². The fourth-order valence-electron chi connectivity index (χ4n) is 2.10. The van der Waals surface area contributed by atoms with Crippen LogP contribution in [-0.4, -0.2) is 35.2 Å². The average Bonchev–Trinajstić information content (AvgIpc) is 2.73. The first-order valence-electron chi connectivity index (χ1n) is 5.58. The number of carboxylic acid groups (broad SMARTS) is 1. The number of hydrogen-bond acceptors (Lipinski definition) is 3. The Kier molecular flexibility index (Phi) is 3.48. The lowest BCUT2D eigenvalue weighted by molar-refractivity contribution is -0.117. The van der Waals surface area contributed by atoms with Crippen LogP contribution in [-0.2, 0) is 4.79 Å². The Bertz CT molecular complexity index is 547. The molecule has 1 fully saturated rings. The van der Waals surface area contributed by atoms with Crippen LogP contribution in [0.1, 0.15) is 16.8 Å². The summed E-state index contributed by atoms with van der Waals surface area (Å²) in [5.41, 5.74) is -1.06. The van der Waals surface area contributed by atoms with Crippen LogP contribution >= 0.6 is 0 Å². The molecule has 0 aliphatic carbocycles. The van der Waals surface area contributed by atoms with E-state index < -0.39 is 40.7 Å². The Morgan fingerprint density at radius 3 is 2.63 bits per heavy atom. The molecule has 1 aromatic carbocycles. The number of amides is 1. The fraction of sp³-hybridized carbons (Fsp3) is 0.333. The van der Waals surface area contributed by atoms with Crippen molar-refractivity contribution in [2.75, 3.05) is 18.1 Å². The molecule has 1 aliphatic rings. The molecule has 7 heteroatoms. The molecule has 0 bridgehead atoms. The standard InChI is InChI=1S/C12H11F2NO4/c13-8-2-1-7(12(18)19)11(10(8)14)15-4-6(5-16)3-9(15)17/h1-2,6,16H,3-5H2,(H,18,19). The zero-order valence-electron chi connectivity index (χ0n) is 9.77. The Morgan fingerprint density at radius 2 is 2.11 bits per heavy atom. The lowest BCUT2D eigenvalue weighted by Crippen LogP contribution is -2.28. The minimum atomic E-state index is -1.45. The van der Waals surface area contributed by atoms with Gasteiger partial charge in [0.15, 0.2) is 11.6 Å². The SMILES string of the molecule is O=C(O)c1ccc(F)c(F)c1N1CC(CO)CC1=O. The summed E-state index contributed by atoms with van der Waals surface area (Å²) in [6, 6.07) is 1.61. The van der Waals surface area contributed by atoms with Gasteiger partial charge >= 0.3 is 5.97 Å². The molecule has 1 amide bonds. The number of halogens is 2. The van der Waals surface area contributed by atoms with Crippen LogP contribution < -0.4 is 4.90 Å². The number of aliphatic hydroxyl groups excluding tert-OH is 1. The molecule has 1 aliphatic heterocycles. The Labute approximate surface area is 107 Å². The van der Waals surface area contributed by atoms with Crippen molar-refractivity contribution in [2.45, 2.75) is 6.42 Å². The number of hydrogen-bond donors (Lipinski definition) is 2. The number of benzene rings is 1. The van der Waals surface area contributed by atoms with E-state index >= 15 is 0 Å². The highest BCUT2D eigenvalue weighted by molar-refractivity contribution is 6.03. The van der Waals surface area contributed by atoms with E-state index in [1.807, 2.05) is 0 Å². The molecule has 2 N–H and O–H groups in total. The van der Waals surface area contributed by atoms with Crippen LogP contribution in [0.3, 0.4) is 0 Å². The topological polar surface area (TPSA) is 77.8 Å². The molecular weight excluding hydrogens is 260 g/mol. The predicted octanol–water partition coefficient (Wildman–Crippen LogP) is 1.01. The van der Waals surface area contributed by atoms with Gasteiger partial charge in [0.25, 0.3) is 0 Å². The third kappa shape index (κ3) is 2.28. The van der Waals surface area contributed by atoms with Crippen LogP contribution in [0.15, 0.2) is 12.1 Å². The summed E-state index contributed by atoms with van der Waals surface area (Å²) in [5.74, 6) is -4.98. The van der Waals surface area contributed by atoms with Crippen molar-refractivity contribution in [3.8, 4) is 0 Å². The van der Waals surface area contributed by atoms with Gasteiger partial charge in [0, 0.05) is 25.5 Å². The summed E-state index contributed by atoms with van der Waals surface area (Å²) >= 11 is 0. The molecular formula is C12H11F2NO4. The van der Waals surface area contributed by atoms with Crippen molar-refractivity contribution < 1.29 is 28.6 Å². The van der Waals surface area contributed by atoms with Crippen LogP contribution in [0.5, 0.6) is 0 Å². The molecule has 1 aromatic rings. The number of carbonyl (C=O) groups is 2. The van der Waals surface area contributed by atoms with Crippen LogP contribution in [0.2, 0.25) is 0 Å². The highest BCUT2D eigenvalue weighted by Gasteiger charge is 2.35. The van der Waals surface area contributed by atoms with E-state index in [9.17, 15) is 18.4 Å². The van der Waals surface area contributed by atoms with Crippen LogP contribution in [0, 0.1) is 17.6 Å². The van der Waals surface area contributed by atoms with E-state index in [1.165, 1.54) is 0 Å². The zero-order valence-corrected chi connectivity index (χ0v) is 9.77. The molecule has 2 rings (SSSR count). The molecule has 19 heavy (non-hydrogen) atoms. The first kappa shape index (κ1) is 13.4. The summed E-state index contributed by atoms with van der Waals surface area (Å²) in [7, 11) is 0. The Balaban J connectivity index is 2.52. The number of anilines is 1. The lowest BCUT2D eigenvalue weighted by atomic mass is 10.1. The van der Waals surface area contributed by atoms with Gasteiger partial charge in [0.1, 0.15) is 0 Å². The van der Waals surface area contributed by atoms with Crippen molar-refractivity contribution in [2.24, 2.45) is 5.92 Å². The number of aliphatic hydroxyl groups is 1. The number of carbonyl (C=O) groups excluding carboxylic acids is 1. The van der Waals surface area contributed by atoms with Crippen molar-refractivity contribution in [3.05, 3.63) is 29.3 Å². The smallest absolute Gasteiger partial charge is 0.337 e. The molecule has 5 nitrogen and oxygen atoms in total. The molecule has 0 saturated carbocycles. The molecule has 1 unspecified atom stereocenters. The second kappa shape index (κ2) is 4.93. The maximum atomic E-state index is 13.8. The van der Waals surface area contributed by atoms with E-state index in [4.69, 9.17) is 10.2 Å². The van der Waals surface area contributed by atoms with Gasteiger partial charge in [-0.3, -0.25) is 4.79 Å². The molecule has 1 saturated heterocycles. The van der Waals surface area contributed by atoms with E-state index in [0.717, 1.165) is 11.0 Å². The molecule has 102 valence electrons. The summed E-state index contributed by atoms with van der Waals surface area (Å²) in [4.78, 5) is 23.6. The van der Waals surface area contributed by atoms with Crippen LogP contribution in [0.4, 0.5) is 14.5 Å². The molecule has 1 heterocycles. The predicted molar refractivity (Wildman–Crippen MR) is 60.9 cm³/mol. The number of aromatic carboxylic acids is 1. The van der Waals surface area contributed by atoms with Gasteiger partial charge in [0.05, 0.1) is 11.3 Å². The first-order chi connectivity index (χ1) is 8.95. The quantitative estimate of drug-likeness (QED) is 0.860. The van der Waals surface area contributed by atoms with E-state index in [1.54, 1.807) is 0 Å².